The van der Waals surface area contributed by atoms with Crippen molar-refractivity contribution in [1.29, 1.82) is 0 Å². The minimum atomic E-state index is -0.891. The zero-order valence-electron chi connectivity index (χ0n) is 17.3. The quantitative estimate of drug-likeness (QED) is 0.316. The van der Waals surface area contributed by atoms with Crippen LogP contribution < -0.4 is 16.1 Å². The first kappa shape index (κ1) is 24.9. The second-order valence-electron chi connectivity index (χ2n) is 6.25. The summed E-state index contributed by atoms with van der Waals surface area (Å²) in [7, 11) is 0. The first-order chi connectivity index (χ1) is 15.2. The van der Waals surface area contributed by atoms with E-state index in [1.165, 1.54) is 29.3 Å². The maximum atomic E-state index is 12.0. The fraction of sp³-hybridized carbons (Fsp3) is 0.250. The molecule has 2 rings (SSSR count). The van der Waals surface area contributed by atoms with Crippen molar-refractivity contribution >= 4 is 58.7 Å². The number of nitrogens with one attached hydrogen (secondary N) is 3. The van der Waals surface area contributed by atoms with Gasteiger partial charge in [-0.25, -0.2) is 5.43 Å². The van der Waals surface area contributed by atoms with Gasteiger partial charge in [-0.3, -0.25) is 19.2 Å². The third-order valence-electron chi connectivity index (χ3n) is 4.09. The lowest BCUT2D eigenvalue weighted by Crippen LogP contribution is -2.41. The largest absolute Gasteiger partial charge is 0.458 e. The van der Waals surface area contributed by atoms with Gasteiger partial charge in [-0.2, -0.15) is 5.10 Å². The van der Waals surface area contributed by atoms with Crippen molar-refractivity contribution < 1.29 is 23.6 Å². The van der Waals surface area contributed by atoms with Gasteiger partial charge in [0.15, 0.2) is 0 Å². The molecular weight excluding hydrogens is 461 g/mol. The van der Waals surface area contributed by atoms with Crippen LogP contribution in [-0.2, 0) is 25.7 Å². The highest BCUT2D eigenvalue weighted by Gasteiger charge is 2.18. The molecule has 1 heterocycles. The lowest BCUT2D eigenvalue weighted by Gasteiger charge is -2.16. The van der Waals surface area contributed by atoms with E-state index in [1.807, 2.05) is 0 Å². The number of hydrazone groups is 1. The molecule has 0 unspecified atom stereocenters. The second-order valence-corrected chi connectivity index (χ2v) is 7.06. The average molecular weight is 482 g/mol. The molecule has 4 amide bonds. The molecule has 1 aromatic carbocycles. The molecule has 3 N–H and O–H groups in total. The van der Waals surface area contributed by atoms with E-state index in [0.717, 1.165) is 0 Å². The average Bonchev–Trinajstić information content (AvgIpc) is 3.22. The number of halogens is 2. The highest BCUT2D eigenvalue weighted by molar-refractivity contribution is 6.43. The van der Waals surface area contributed by atoms with Crippen LogP contribution in [0.4, 0.5) is 5.69 Å². The van der Waals surface area contributed by atoms with Gasteiger partial charge in [0.1, 0.15) is 11.5 Å². The molecule has 12 heteroatoms. The molecule has 0 aliphatic rings. The maximum absolute atomic E-state index is 12.0. The van der Waals surface area contributed by atoms with Crippen LogP contribution in [0.3, 0.4) is 0 Å². The first-order valence-electron chi connectivity index (χ1n) is 9.50. The second kappa shape index (κ2) is 11.9. The summed E-state index contributed by atoms with van der Waals surface area (Å²) in [6, 6.07) is 7.51. The highest BCUT2D eigenvalue weighted by Crippen LogP contribution is 2.24. The van der Waals surface area contributed by atoms with Gasteiger partial charge in [0.2, 0.25) is 0 Å². The van der Waals surface area contributed by atoms with E-state index in [1.54, 1.807) is 26.0 Å². The molecule has 0 aliphatic heterocycles. The summed E-state index contributed by atoms with van der Waals surface area (Å²) in [5, 5.41) is 9.04. The normalized spacial score (nSPS) is 10.6. The Morgan fingerprint density at radius 1 is 1.00 bits per heavy atom. The van der Waals surface area contributed by atoms with Crippen molar-refractivity contribution in [2.75, 3.05) is 18.4 Å². The van der Waals surface area contributed by atoms with E-state index in [0.29, 0.717) is 29.6 Å². The molecule has 0 atom stereocenters. The standard InChI is InChI=1S/C20H21Cl2N5O5/c1-3-27(4-2)20(31)19(30)26-24-11-14-7-6-13(32-14)10-23-17(28)18(29)25-12-5-8-15(21)16(22)9-12/h5-9,11H,3-4,10H2,1-2H3,(H,23,28)(H,25,29)(H,26,30)/b24-11+. The summed E-state index contributed by atoms with van der Waals surface area (Å²) in [6.45, 7) is 4.28. The maximum Gasteiger partial charge on any atom is 0.329 e. The summed E-state index contributed by atoms with van der Waals surface area (Å²) in [5.41, 5.74) is 2.44. The number of anilines is 1. The van der Waals surface area contributed by atoms with Crippen molar-refractivity contribution in [3.05, 3.63) is 51.9 Å². The predicted octanol–water partition coefficient (Wildman–Crippen LogP) is 2.16. The van der Waals surface area contributed by atoms with E-state index in [9.17, 15) is 19.2 Å². The smallest absolute Gasteiger partial charge is 0.329 e. The van der Waals surface area contributed by atoms with Gasteiger partial charge in [-0.15, -0.1) is 0 Å². The van der Waals surface area contributed by atoms with Crippen LogP contribution in [0.1, 0.15) is 25.4 Å². The first-order valence-corrected chi connectivity index (χ1v) is 10.3. The summed E-state index contributed by atoms with van der Waals surface area (Å²) in [5.74, 6) is -2.72. The van der Waals surface area contributed by atoms with E-state index in [4.69, 9.17) is 27.6 Å². The SMILES string of the molecule is CCN(CC)C(=O)C(=O)N/N=C/c1ccc(CNC(=O)C(=O)Nc2ccc(Cl)c(Cl)c2)o1. The number of carbonyl (C=O) groups excluding carboxylic acids is 4. The Hall–Kier alpha value is -3.37. The Kier molecular flexibility index (Phi) is 9.23. The van der Waals surface area contributed by atoms with Crippen LogP contribution in [0.25, 0.3) is 0 Å². The van der Waals surface area contributed by atoms with Crippen LogP contribution in [0.2, 0.25) is 10.0 Å². The Labute approximate surface area is 193 Å². The van der Waals surface area contributed by atoms with Crippen molar-refractivity contribution in [2.24, 2.45) is 5.10 Å². The molecule has 0 aliphatic carbocycles. The van der Waals surface area contributed by atoms with Crippen molar-refractivity contribution in [3.63, 3.8) is 0 Å². The highest BCUT2D eigenvalue weighted by atomic mass is 35.5. The van der Waals surface area contributed by atoms with Gasteiger partial charge < -0.3 is 20.0 Å². The topological polar surface area (TPSA) is 133 Å². The molecule has 0 fully saturated rings. The van der Waals surface area contributed by atoms with Crippen LogP contribution in [0.5, 0.6) is 0 Å². The Morgan fingerprint density at radius 2 is 1.72 bits per heavy atom. The van der Waals surface area contributed by atoms with Crippen molar-refractivity contribution in [2.45, 2.75) is 20.4 Å². The Morgan fingerprint density at radius 3 is 2.38 bits per heavy atom. The number of nitrogens with zero attached hydrogens (tertiary/aromatic N) is 2. The van der Waals surface area contributed by atoms with E-state index in [2.05, 4.69) is 21.2 Å². The molecule has 0 saturated heterocycles. The van der Waals surface area contributed by atoms with Crippen LogP contribution >= 0.6 is 23.2 Å². The minimum absolute atomic E-state index is 0.0612. The third kappa shape index (κ3) is 7.10. The lowest BCUT2D eigenvalue weighted by atomic mass is 10.3. The van der Waals surface area contributed by atoms with Crippen molar-refractivity contribution in [3.8, 4) is 0 Å². The van der Waals surface area contributed by atoms with E-state index >= 15 is 0 Å². The number of likely N-dealkylation sites (N-methyl/N-ethyl adjacent to an activating group) is 1. The molecule has 0 bridgehead atoms. The monoisotopic (exact) mass is 481 g/mol. The molecule has 0 saturated carbocycles. The van der Waals surface area contributed by atoms with E-state index < -0.39 is 23.6 Å². The molecule has 10 nitrogen and oxygen atoms in total. The zero-order valence-corrected chi connectivity index (χ0v) is 18.8. The van der Waals surface area contributed by atoms with Crippen LogP contribution in [0.15, 0.2) is 39.9 Å². The van der Waals surface area contributed by atoms with Gasteiger partial charge in [0.25, 0.3) is 0 Å². The third-order valence-corrected chi connectivity index (χ3v) is 4.83. The van der Waals surface area contributed by atoms with Gasteiger partial charge in [0, 0.05) is 18.8 Å². The van der Waals surface area contributed by atoms with Gasteiger partial charge >= 0.3 is 23.6 Å². The zero-order chi connectivity index (χ0) is 23.7. The van der Waals surface area contributed by atoms with Gasteiger partial charge in [0.05, 0.1) is 22.8 Å². The number of rotatable bonds is 7. The predicted molar refractivity (Wildman–Crippen MR) is 119 cm³/mol. The molecular formula is C20H21Cl2N5O5. The van der Waals surface area contributed by atoms with Crippen LogP contribution in [0, 0.1) is 0 Å². The molecule has 32 heavy (non-hydrogen) atoms. The Bertz CT molecular complexity index is 1030. The summed E-state index contributed by atoms with van der Waals surface area (Å²) in [4.78, 5) is 48.9. The molecule has 170 valence electrons. The number of hydrogen-bond donors (Lipinski definition) is 3. The fourth-order valence-electron chi connectivity index (χ4n) is 2.43. The number of amides is 4. The Balaban J connectivity index is 1.82. The summed E-state index contributed by atoms with van der Waals surface area (Å²) < 4.78 is 5.42. The van der Waals surface area contributed by atoms with Crippen LogP contribution in [-0.4, -0.2) is 47.8 Å². The van der Waals surface area contributed by atoms with Gasteiger partial charge in [-0.05, 0) is 44.2 Å². The van der Waals surface area contributed by atoms with E-state index in [-0.39, 0.29) is 17.3 Å². The molecule has 0 spiro atoms. The molecule has 2 aromatic rings. The minimum Gasteiger partial charge on any atom is -0.458 e. The summed E-state index contributed by atoms with van der Waals surface area (Å²) >= 11 is 11.7. The number of furan rings is 1. The number of carbonyl (C=O) groups is 4. The number of hydrogen-bond acceptors (Lipinski definition) is 6. The fourth-order valence-corrected chi connectivity index (χ4v) is 2.72. The van der Waals surface area contributed by atoms with Gasteiger partial charge in [-0.1, -0.05) is 23.2 Å². The molecule has 1 aromatic heterocycles. The summed E-state index contributed by atoms with van der Waals surface area (Å²) in [6.07, 6.45) is 1.20. The number of benzene rings is 1. The lowest BCUT2D eigenvalue weighted by molar-refractivity contribution is -0.145. The molecule has 0 radical (unpaired) electrons. The van der Waals surface area contributed by atoms with Crippen molar-refractivity contribution in [1.82, 2.24) is 15.6 Å².